The summed E-state index contributed by atoms with van der Waals surface area (Å²) in [6.07, 6.45) is 2.17. The summed E-state index contributed by atoms with van der Waals surface area (Å²) in [6.45, 7) is 2.44. The number of alkyl halides is 1. The summed E-state index contributed by atoms with van der Waals surface area (Å²) >= 11 is 6.13. The Morgan fingerprint density at radius 3 is 3.12 bits per heavy atom. The van der Waals surface area contributed by atoms with Crippen molar-refractivity contribution in [3.8, 4) is 0 Å². The molecule has 0 aliphatic rings. The monoisotopic (exact) mass is 240 g/mol. The van der Waals surface area contributed by atoms with Crippen molar-refractivity contribution in [2.75, 3.05) is 13.7 Å². The molecule has 0 aromatic carbocycles. The number of hydrogen-bond acceptors (Lipinski definition) is 4. The predicted molar refractivity (Wildman–Crippen MR) is 60.7 cm³/mol. The van der Waals surface area contributed by atoms with E-state index in [1.165, 1.54) is 6.33 Å². The topological polar surface area (TPSA) is 52.3 Å². The van der Waals surface area contributed by atoms with Crippen molar-refractivity contribution < 1.29 is 4.74 Å². The molecule has 2 heterocycles. The molecule has 6 heteroatoms. The standard InChI is InChI=1S/C10H13ClN4O/c1-7-3-9(4-8(11)5-16-2)15-10(14-7)12-6-13-15/h3,6,8H,4-5H2,1-2H3. The van der Waals surface area contributed by atoms with E-state index >= 15 is 0 Å². The van der Waals surface area contributed by atoms with Gasteiger partial charge in [-0.25, -0.2) is 9.50 Å². The minimum atomic E-state index is -0.0702. The SMILES string of the molecule is COCC(Cl)Cc1cc(C)nc2ncnn12. The van der Waals surface area contributed by atoms with E-state index in [0.717, 1.165) is 11.4 Å². The predicted octanol–water partition coefficient (Wildman–Crippen LogP) is 1.23. The Kier molecular flexibility index (Phi) is 3.36. The molecular weight excluding hydrogens is 228 g/mol. The molecule has 0 fully saturated rings. The van der Waals surface area contributed by atoms with Gasteiger partial charge < -0.3 is 4.74 Å². The van der Waals surface area contributed by atoms with Crippen molar-refractivity contribution in [2.24, 2.45) is 0 Å². The van der Waals surface area contributed by atoms with Crippen LogP contribution in [0.2, 0.25) is 0 Å². The van der Waals surface area contributed by atoms with Crippen molar-refractivity contribution >= 4 is 17.4 Å². The van der Waals surface area contributed by atoms with E-state index < -0.39 is 0 Å². The van der Waals surface area contributed by atoms with Crippen molar-refractivity contribution in [2.45, 2.75) is 18.7 Å². The first-order valence-electron chi connectivity index (χ1n) is 5.00. The summed E-state index contributed by atoms with van der Waals surface area (Å²) in [5, 5.41) is 4.05. The molecule has 2 rings (SSSR count). The number of ether oxygens (including phenoxy) is 1. The number of fused-ring (bicyclic) bond motifs is 1. The van der Waals surface area contributed by atoms with Crippen LogP contribution in [0.5, 0.6) is 0 Å². The number of methoxy groups -OCH3 is 1. The Balaban J connectivity index is 2.31. The molecule has 0 aliphatic carbocycles. The lowest BCUT2D eigenvalue weighted by Crippen LogP contribution is -2.14. The Hall–Kier alpha value is -1.20. The van der Waals surface area contributed by atoms with Crippen LogP contribution in [0.15, 0.2) is 12.4 Å². The third-order valence-electron chi connectivity index (χ3n) is 2.23. The maximum atomic E-state index is 6.13. The van der Waals surface area contributed by atoms with Crippen LogP contribution in [0.25, 0.3) is 5.78 Å². The van der Waals surface area contributed by atoms with Gasteiger partial charge in [-0.05, 0) is 13.0 Å². The van der Waals surface area contributed by atoms with Gasteiger partial charge in [0.25, 0.3) is 5.78 Å². The van der Waals surface area contributed by atoms with Crippen LogP contribution in [0.3, 0.4) is 0 Å². The highest BCUT2D eigenvalue weighted by molar-refractivity contribution is 6.20. The Labute approximate surface area is 98.4 Å². The van der Waals surface area contributed by atoms with Crippen molar-refractivity contribution in [1.82, 2.24) is 19.6 Å². The van der Waals surface area contributed by atoms with Crippen LogP contribution in [-0.2, 0) is 11.2 Å². The van der Waals surface area contributed by atoms with Crippen LogP contribution in [0, 0.1) is 6.92 Å². The lowest BCUT2D eigenvalue weighted by molar-refractivity contribution is 0.197. The van der Waals surface area contributed by atoms with Crippen LogP contribution >= 0.6 is 11.6 Å². The normalized spacial score (nSPS) is 13.2. The molecule has 2 aromatic heterocycles. The van der Waals surface area contributed by atoms with E-state index in [4.69, 9.17) is 16.3 Å². The molecule has 0 spiro atoms. The quantitative estimate of drug-likeness (QED) is 0.755. The molecule has 0 radical (unpaired) electrons. The zero-order chi connectivity index (χ0) is 11.5. The van der Waals surface area contributed by atoms with Crippen LogP contribution < -0.4 is 0 Å². The Morgan fingerprint density at radius 1 is 1.56 bits per heavy atom. The first-order chi connectivity index (χ1) is 7.70. The Morgan fingerprint density at radius 2 is 2.38 bits per heavy atom. The van der Waals surface area contributed by atoms with Gasteiger partial charge in [0.2, 0.25) is 0 Å². The summed E-state index contributed by atoms with van der Waals surface area (Å²) in [6, 6.07) is 1.96. The van der Waals surface area contributed by atoms with Gasteiger partial charge in [-0.2, -0.15) is 10.1 Å². The van der Waals surface area contributed by atoms with Gasteiger partial charge in [0.05, 0.1) is 12.0 Å². The van der Waals surface area contributed by atoms with Gasteiger partial charge in [-0.1, -0.05) is 0 Å². The third kappa shape index (κ3) is 2.31. The second-order valence-electron chi connectivity index (χ2n) is 3.62. The van der Waals surface area contributed by atoms with Gasteiger partial charge in [0.15, 0.2) is 0 Å². The van der Waals surface area contributed by atoms with Gasteiger partial charge in [-0.15, -0.1) is 11.6 Å². The number of hydrogen-bond donors (Lipinski definition) is 0. The van der Waals surface area contributed by atoms with E-state index in [1.807, 2.05) is 13.0 Å². The minimum Gasteiger partial charge on any atom is -0.383 e. The highest BCUT2D eigenvalue weighted by Gasteiger charge is 2.11. The number of aryl methyl sites for hydroxylation is 1. The molecule has 1 atom stereocenters. The molecule has 0 saturated heterocycles. The maximum absolute atomic E-state index is 6.13. The summed E-state index contributed by atoms with van der Waals surface area (Å²) < 4.78 is 6.71. The average molecular weight is 241 g/mol. The summed E-state index contributed by atoms with van der Waals surface area (Å²) in [4.78, 5) is 8.32. The highest BCUT2D eigenvalue weighted by Crippen LogP contribution is 2.10. The number of halogens is 1. The van der Waals surface area contributed by atoms with Crippen molar-refractivity contribution in [1.29, 1.82) is 0 Å². The molecule has 1 unspecified atom stereocenters. The zero-order valence-electron chi connectivity index (χ0n) is 9.22. The molecule has 16 heavy (non-hydrogen) atoms. The molecule has 0 amide bonds. The van der Waals surface area contributed by atoms with Crippen molar-refractivity contribution in [3.63, 3.8) is 0 Å². The fourth-order valence-electron chi connectivity index (χ4n) is 1.62. The molecule has 86 valence electrons. The van der Waals surface area contributed by atoms with E-state index in [1.54, 1.807) is 11.6 Å². The summed E-state index contributed by atoms with van der Waals surface area (Å²) in [5.41, 5.74) is 1.91. The van der Waals surface area contributed by atoms with E-state index in [9.17, 15) is 0 Å². The molecule has 2 aromatic rings. The molecule has 0 N–H and O–H groups in total. The lowest BCUT2D eigenvalue weighted by Gasteiger charge is -2.09. The van der Waals surface area contributed by atoms with Crippen molar-refractivity contribution in [3.05, 3.63) is 23.8 Å². The first kappa shape index (κ1) is 11.3. The number of aromatic nitrogens is 4. The smallest absolute Gasteiger partial charge is 0.252 e. The van der Waals surface area contributed by atoms with E-state index in [-0.39, 0.29) is 5.38 Å². The second kappa shape index (κ2) is 4.76. The Bertz CT molecular complexity index is 485. The first-order valence-corrected chi connectivity index (χ1v) is 5.43. The molecule has 5 nitrogen and oxygen atoms in total. The number of rotatable bonds is 4. The minimum absolute atomic E-state index is 0.0702. The molecular formula is C10H13ClN4O. The second-order valence-corrected chi connectivity index (χ2v) is 4.23. The largest absolute Gasteiger partial charge is 0.383 e. The lowest BCUT2D eigenvalue weighted by atomic mass is 10.2. The van der Waals surface area contributed by atoms with Crippen LogP contribution in [-0.4, -0.2) is 38.7 Å². The average Bonchev–Trinajstić information content (AvgIpc) is 2.65. The highest BCUT2D eigenvalue weighted by atomic mass is 35.5. The fraction of sp³-hybridized carbons (Fsp3) is 0.500. The zero-order valence-corrected chi connectivity index (χ0v) is 9.98. The fourth-order valence-corrected chi connectivity index (χ4v) is 1.90. The van der Waals surface area contributed by atoms with E-state index in [0.29, 0.717) is 18.8 Å². The third-order valence-corrected chi connectivity index (χ3v) is 2.51. The molecule has 0 bridgehead atoms. The van der Waals surface area contributed by atoms with E-state index in [2.05, 4.69) is 15.1 Å². The summed E-state index contributed by atoms with van der Waals surface area (Å²) in [5.74, 6) is 0.608. The van der Waals surface area contributed by atoms with Gasteiger partial charge in [0, 0.05) is 24.9 Å². The van der Waals surface area contributed by atoms with Crippen LogP contribution in [0.4, 0.5) is 0 Å². The van der Waals surface area contributed by atoms with Gasteiger partial charge in [0.1, 0.15) is 6.33 Å². The van der Waals surface area contributed by atoms with Crippen LogP contribution in [0.1, 0.15) is 11.4 Å². The number of nitrogens with zero attached hydrogens (tertiary/aromatic N) is 4. The maximum Gasteiger partial charge on any atom is 0.252 e. The molecule has 0 saturated carbocycles. The molecule has 0 aliphatic heterocycles. The summed E-state index contributed by atoms with van der Waals surface area (Å²) in [7, 11) is 1.64. The van der Waals surface area contributed by atoms with Gasteiger partial charge in [-0.3, -0.25) is 0 Å². The van der Waals surface area contributed by atoms with Gasteiger partial charge >= 0.3 is 0 Å².